The molecule has 0 spiro atoms. The van der Waals surface area contributed by atoms with Crippen molar-refractivity contribution in [3.8, 4) is 11.5 Å². The van der Waals surface area contributed by atoms with Crippen LogP contribution in [0, 0.1) is 5.92 Å². The van der Waals surface area contributed by atoms with Crippen LogP contribution in [0.2, 0.25) is 0 Å². The van der Waals surface area contributed by atoms with Crippen molar-refractivity contribution in [3.63, 3.8) is 0 Å². The number of benzene rings is 1. The molecule has 7 nitrogen and oxygen atoms in total. The number of unbranched alkanes of at least 4 members (excludes halogenated alkanes) is 15. The Morgan fingerprint density at radius 3 is 1.82 bits per heavy atom. The molecule has 0 saturated heterocycles. The average Bonchev–Trinajstić information content (AvgIpc) is 3.08. The van der Waals surface area contributed by atoms with Crippen LogP contribution in [0.1, 0.15) is 169 Å². The fourth-order valence-electron chi connectivity index (χ4n) is 6.23. The molecule has 0 aliphatic heterocycles. The number of hydrogen-bond donors (Lipinski definition) is 2. The Kier molecular flexibility index (Phi) is 27.8. The van der Waals surface area contributed by atoms with Crippen molar-refractivity contribution < 1.29 is 29.2 Å². The minimum atomic E-state index is -1.07. The molecule has 0 fully saturated rings. The smallest absolute Gasteiger partial charge is 0.343 e. The summed E-state index contributed by atoms with van der Waals surface area (Å²) in [5, 5.41) is 18.4. The number of ether oxygens (including phenoxy) is 3. The molecule has 2 N–H and O–H groups in total. The van der Waals surface area contributed by atoms with Gasteiger partial charge in [0.25, 0.3) is 0 Å². The van der Waals surface area contributed by atoms with Crippen LogP contribution in [0.4, 0.5) is 0 Å². The lowest BCUT2D eigenvalue weighted by molar-refractivity contribution is -0.158. The molecule has 0 aliphatic rings. The van der Waals surface area contributed by atoms with Gasteiger partial charge < -0.3 is 24.4 Å². The van der Waals surface area contributed by atoms with E-state index in [0.29, 0.717) is 38.0 Å². The zero-order valence-electron chi connectivity index (χ0n) is 32.6. The van der Waals surface area contributed by atoms with Gasteiger partial charge in [0.2, 0.25) is 0 Å². The summed E-state index contributed by atoms with van der Waals surface area (Å²) in [6, 6.07) is 5.99. The van der Waals surface area contributed by atoms with Gasteiger partial charge in [-0.25, -0.2) is 4.79 Å². The molecule has 1 aromatic carbocycles. The van der Waals surface area contributed by atoms with Crippen molar-refractivity contribution in [2.45, 2.75) is 175 Å². The summed E-state index contributed by atoms with van der Waals surface area (Å²) >= 11 is 0. The van der Waals surface area contributed by atoms with E-state index < -0.39 is 11.6 Å². The van der Waals surface area contributed by atoms with E-state index in [4.69, 9.17) is 14.2 Å². The standard InChI is InChI=1S/C42H77NO6/c1-6-9-11-12-13-14-15-16-17-18-19-20-22-26-38-33-39(47-36-37(8-3)25-10-7-2)35-40(34-38)49-41(46)42(4,5)48-32-24-21-23-27-43(28-30-44)29-31-45/h33-35,37,44-45H,6-32,36H2,1-5H3. The number of hydrogen-bond acceptors (Lipinski definition) is 7. The van der Waals surface area contributed by atoms with Gasteiger partial charge in [-0.05, 0) is 82.5 Å². The molecule has 0 aliphatic carbocycles. The number of carbonyl (C=O) groups is 1. The first kappa shape index (κ1) is 45.4. The van der Waals surface area contributed by atoms with E-state index in [1.807, 2.05) is 12.1 Å². The summed E-state index contributed by atoms with van der Waals surface area (Å²) in [5.74, 6) is 1.43. The Balaban J connectivity index is 2.62. The number of esters is 1. The Labute approximate surface area is 301 Å². The van der Waals surface area contributed by atoms with Crippen molar-refractivity contribution in [2.24, 2.45) is 5.92 Å². The van der Waals surface area contributed by atoms with E-state index in [-0.39, 0.29) is 13.2 Å². The second-order valence-corrected chi connectivity index (χ2v) is 14.6. The molecule has 1 aromatic rings. The number of nitrogens with zero attached hydrogens (tertiary/aromatic N) is 1. The van der Waals surface area contributed by atoms with E-state index in [9.17, 15) is 15.0 Å². The maximum Gasteiger partial charge on any atom is 0.343 e. The summed E-state index contributed by atoms with van der Waals surface area (Å²) in [7, 11) is 0. The fraction of sp³-hybridized carbons (Fsp3) is 0.833. The van der Waals surface area contributed by atoms with Crippen molar-refractivity contribution in [2.75, 3.05) is 46.1 Å². The monoisotopic (exact) mass is 692 g/mol. The third kappa shape index (κ3) is 23.4. The maximum absolute atomic E-state index is 13.3. The lowest BCUT2D eigenvalue weighted by atomic mass is 10.0. The Morgan fingerprint density at radius 1 is 0.694 bits per heavy atom. The Morgan fingerprint density at radius 2 is 1.24 bits per heavy atom. The third-order valence-electron chi connectivity index (χ3n) is 9.65. The SMILES string of the molecule is CCCCCCCCCCCCCCCc1cc(OCC(CC)CCCC)cc(OC(=O)C(C)(C)OCCCCCN(CCO)CCO)c1. The van der Waals surface area contributed by atoms with Gasteiger partial charge in [-0.1, -0.05) is 117 Å². The van der Waals surface area contributed by atoms with E-state index in [1.54, 1.807) is 13.8 Å². The van der Waals surface area contributed by atoms with Crippen LogP contribution in [-0.2, 0) is 16.0 Å². The summed E-state index contributed by atoms with van der Waals surface area (Å²) in [5.41, 5.74) is 0.0828. The first-order chi connectivity index (χ1) is 23.8. The molecule has 0 bridgehead atoms. The molecule has 286 valence electrons. The minimum Gasteiger partial charge on any atom is -0.493 e. The zero-order valence-corrected chi connectivity index (χ0v) is 32.6. The molecular weight excluding hydrogens is 614 g/mol. The average molecular weight is 692 g/mol. The second-order valence-electron chi connectivity index (χ2n) is 14.6. The highest BCUT2D eigenvalue weighted by Crippen LogP contribution is 2.28. The van der Waals surface area contributed by atoms with E-state index >= 15 is 0 Å². The zero-order chi connectivity index (χ0) is 36.0. The van der Waals surface area contributed by atoms with Gasteiger partial charge in [-0.3, -0.25) is 4.90 Å². The van der Waals surface area contributed by atoms with Crippen LogP contribution in [0.25, 0.3) is 0 Å². The molecule has 0 aromatic heterocycles. The van der Waals surface area contributed by atoms with Crippen LogP contribution >= 0.6 is 0 Å². The largest absolute Gasteiger partial charge is 0.493 e. The van der Waals surface area contributed by atoms with Crippen molar-refractivity contribution in [1.82, 2.24) is 4.90 Å². The van der Waals surface area contributed by atoms with Gasteiger partial charge in [0, 0.05) is 25.8 Å². The van der Waals surface area contributed by atoms with Crippen molar-refractivity contribution in [1.29, 1.82) is 0 Å². The molecule has 49 heavy (non-hydrogen) atoms. The predicted molar refractivity (Wildman–Crippen MR) is 205 cm³/mol. The molecule has 1 unspecified atom stereocenters. The van der Waals surface area contributed by atoms with Gasteiger partial charge in [-0.15, -0.1) is 0 Å². The minimum absolute atomic E-state index is 0.0909. The highest BCUT2D eigenvalue weighted by molar-refractivity contribution is 5.81. The third-order valence-corrected chi connectivity index (χ3v) is 9.65. The quantitative estimate of drug-likeness (QED) is 0.0422. The Bertz CT molecular complexity index is 916. The van der Waals surface area contributed by atoms with E-state index in [0.717, 1.165) is 56.4 Å². The molecule has 0 heterocycles. The van der Waals surface area contributed by atoms with Gasteiger partial charge >= 0.3 is 5.97 Å². The number of aliphatic hydroxyl groups is 2. The molecule has 0 amide bonds. The second kappa shape index (κ2) is 30.0. The van der Waals surface area contributed by atoms with Crippen LogP contribution < -0.4 is 9.47 Å². The molecule has 0 saturated carbocycles. The van der Waals surface area contributed by atoms with Gasteiger partial charge in [0.15, 0.2) is 5.60 Å². The fourth-order valence-corrected chi connectivity index (χ4v) is 6.23. The number of aliphatic hydroxyl groups excluding tert-OH is 2. The molecule has 7 heteroatoms. The van der Waals surface area contributed by atoms with Crippen molar-refractivity contribution >= 4 is 5.97 Å². The van der Waals surface area contributed by atoms with Gasteiger partial charge in [0.05, 0.1) is 19.8 Å². The molecule has 0 radical (unpaired) electrons. The maximum atomic E-state index is 13.3. The number of aryl methyl sites for hydroxylation is 1. The summed E-state index contributed by atoms with van der Waals surface area (Å²) in [4.78, 5) is 15.3. The van der Waals surface area contributed by atoms with E-state index in [1.165, 1.54) is 96.3 Å². The van der Waals surface area contributed by atoms with Gasteiger partial charge in [0.1, 0.15) is 11.5 Å². The topological polar surface area (TPSA) is 88.5 Å². The normalized spacial score (nSPS) is 12.5. The van der Waals surface area contributed by atoms with Crippen LogP contribution in [0.15, 0.2) is 18.2 Å². The van der Waals surface area contributed by atoms with Crippen LogP contribution in [-0.4, -0.2) is 72.7 Å². The lowest BCUT2D eigenvalue weighted by Gasteiger charge is -2.24. The van der Waals surface area contributed by atoms with Crippen molar-refractivity contribution in [3.05, 3.63) is 23.8 Å². The van der Waals surface area contributed by atoms with E-state index in [2.05, 4.69) is 31.7 Å². The summed E-state index contributed by atoms with van der Waals surface area (Å²) in [6.45, 7) is 13.6. The number of carbonyl (C=O) groups excluding carboxylic acids is 1. The Hall–Kier alpha value is -1.67. The van der Waals surface area contributed by atoms with Crippen LogP contribution in [0.5, 0.6) is 11.5 Å². The first-order valence-electron chi connectivity index (χ1n) is 20.4. The van der Waals surface area contributed by atoms with Gasteiger partial charge in [-0.2, -0.15) is 0 Å². The summed E-state index contributed by atoms with van der Waals surface area (Å²) in [6.07, 6.45) is 25.7. The molecular formula is C42H77NO6. The lowest BCUT2D eigenvalue weighted by Crippen LogP contribution is -2.39. The predicted octanol–water partition coefficient (Wildman–Crippen LogP) is 10.1. The first-order valence-corrected chi connectivity index (χ1v) is 20.4. The molecule has 1 atom stereocenters. The summed E-state index contributed by atoms with van der Waals surface area (Å²) < 4.78 is 18.3. The molecule has 1 rings (SSSR count). The number of rotatable bonds is 34. The van der Waals surface area contributed by atoms with Crippen LogP contribution in [0.3, 0.4) is 0 Å². The highest BCUT2D eigenvalue weighted by atomic mass is 16.6. The highest BCUT2D eigenvalue weighted by Gasteiger charge is 2.31.